The van der Waals surface area contributed by atoms with Crippen molar-refractivity contribution in [2.75, 3.05) is 19.0 Å². The third kappa shape index (κ3) is 6.26. The van der Waals surface area contributed by atoms with Gasteiger partial charge in [-0.05, 0) is 96.9 Å². The van der Waals surface area contributed by atoms with Gasteiger partial charge in [0.05, 0.1) is 46.6 Å². The van der Waals surface area contributed by atoms with Crippen LogP contribution in [0.4, 0.5) is 0 Å². The molecule has 1 aliphatic carbocycles. The lowest BCUT2D eigenvalue weighted by atomic mass is 9.81. The molecule has 1 fully saturated rings. The number of aliphatic hydroxyl groups is 1. The predicted molar refractivity (Wildman–Crippen MR) is 162 cm³/mol. The summed E-state index contributed by atoms with van der Waals surface area (Å²) in [5, 5.41) is 9.65. The lowest BCUT2D eigenvalue weighted by Gasteiger charge is -2.45. The highest BCUT2D eigenvalue weighted by molar-refractivity contribution is 7.90. The van der Waals surface area contributed by atoms with Crippen LogP contribution in [0.15, 0.2) is 28.7 Å². The standard InChI is InChI=1S/C32H40N2O7S/c1-19-11-12-26(39-18-21-16-31(3,4)41-32(5,6)17-21)27-23(30(36)34-42(37,38)14-13-35)15-24(33-28(19)27)29-20(2)22-9-7-8-10-25(22)40-29/h8,10-12,15,21,35H,7,9,13-14,16-18H2,1-6H3,(H,34,36). The van der Waals surface area contributed by atoms with E-state index in [-0.39, 0.29) is 22.7 Å². The topological polar surface area (TPSA) is 128 Å². The number of amides is 1. The van der Waals surface area contributed by atoms with Gasteiger partial charge in [-0.3, -0.25) is 4.79 Å². The van der Waals surface area contributed by atoms with Crippen molar-refractivity contribution in [3.05, 3.63) is 52.3 Å². The van der Waals surface area contributed by atoms with Crippen molar-refractivity contribution in [2.45, 2.75) is 78.4 Å². The van der Waals surface area contributed by atoms with Gasteiger partial charge < -0.3 is 19.0 Å². The van der Waals surface area contributed by atoms with Gasteiger partial charge in [-0.15, -0.1) is 0 Å². The zero-order chi connectivity index (χ0) is 30.4. The molecule has 2 N–H and O–H groups in total. The van der Waals surface area contributed by atoms with Crippen molar-refractivity contribution in [1.82, 2.24) is 9.71 Å². The van der Waals surface area contributed by atoms with E-state index in [9.17, 15) is 18.3 Å². The Labute approximate surface area is 247 Å². The molecule has 226 valence electrons. The quantitative estimate of drug-likeness (QED) is 0.350. The van der Waals surface area contributed by atoms with E-state index in [4.69, 9.17) is 18.9 Å². The van der Waals surface area contributed by atoms with Crippen LogP contribution in [0, 0.1) is 19.8 Å². The zero-order valence-corrected chi connectivity index (χ0v) is 26.0. The van der Waals surface area contributed by atoms with E-state index in [1.54, 1.807) is 12.1 Å². The summed E-state index contributed by atoms with van der Waals surface area (Å²) in [6.07, 6.45) is 7.39. The van der Waals surface area contributed by atoms with Crippen molar-refractivity contribution in [1.29, 1.82) is 0 Å². The van der Waals surface area contributed by atoms with Crippen molar-refractivity contribution in [3.63, 3.8) is 0 Å². The van der Waals surface area contributed by atoms with Crippen LogP contribution in [0.2, 0.25) is 0 Å². The Morgan fingerprint density at radius 2 is 1.88 bits per heavy atom. The van der Waals surface area contributed by atoms with E-state index in [2.05, 4.69) is 38.5 Å². The maximum Gasteiger partial charge on any atom is 0.265 e. The van der Waals surface area contributed by atoms with Crippen molar-refractivity contribution >= 4 is 32.9 Å². The Morgan fingerprint density at radius 1 is 1.17 bits per heavy atom. The number of ether oxygens (including phenoxy) is 2. The molecule has 0 atom stereocenters. The Bertz CT molecular complexity index is 1650. The molecule has 9 nitrogen and oxygen atoms in total. The fourth-order valence-corrected chi connectivity index (χ4v) is 7.26. The first-order valence-electron chi connectivity index (χ1n) is 14.4. The van der Waals surface area contributed by atoms with E-state index in [0.717, 1.165) is 48.1 Å². The van der Waals surface area contributed by atoms with Gasteiger partial charge in [0, 0.05) is 11.1 Å². The number of fused-ring (bicyclic) bond motifs is 2. The number of nitrogens with one attached hydrogen (secondary N) is 1. The maximum absolute atomic E-state index is 13.6. The molecule has 1 amide bonds. The van der Waals surface area contributed by atoms with Crippen LogP contribution in [0.3, 0.4) is 0 Å². The molecule has 0 spiro atoms. The van der Waals surface area contributed by atoms with Gasteiger partial charge in [0.25, 0.3) is 5.91 Å². The lowest BCUT2D eigenvalue weighted by Crippen LogP contribution is -2.46. The molecule has 2 aliphatic rings. The predicted octanol–water partition coefficient (Wildman–Crippen LogP) is 5.49. The molecule has 0 saturated carbocycles. The Balaban J connectivity index is 1.61. The Kier molecular flexibility index (Phi) is 8.02. The first-order valence-corrected chi connectivity index (χ1v) is 16.1. The number of hydrogen-bond donors (Lipinski definition) is 2. The maximum atomic E-state index is 13.6. The van der Waals surface area contributed by atoms with Gasteiger partial charge in [0.2, 0.25) is 10.0 Å². The van der Waals surface area contributed by atoms with Gasteiger partial charge in [0.1, 0.15) is 17.2 Å². The summed E-state index contributed by atoms with van der Waals surface area (Å²) in [5.41, 5.74) is 3.29. The van der Waals surface area contributed by atoms with E-state index in [1.807, 2.05) is 26.0 Å². The van der Waals surface area contributed by atoms with Crippen molar-refractivity contribution < 1.29 is 32.2 Å². The molecule has 1 aromatic carbocycles. The summed E-state index contributed by atoms with van der Waals surface area (Å²) in [4.78, 5) is 18.6. The smallest absolute Gasteiger partial charge is 0.265 e. The van der Waals surface area contributed by atoms with E-state index < -0.39 is 28.3 Å². The van der Waals surface area contributed by atoms with Crippen LogP contribution in [0.5, 0.6) is 5.75 Å². The van der Waals surface area contributed by atoms with Crippen molar-refractivity contribution in [3.8, 4) is 17.2 Å². The average Bonchev–Trinajstić information content (AvgIpc) is 3.22. The summed E-state index contributed by atoms with van der Waals surface area (Å²) in [5.74, 6) is 0.540. The van der Waals surface area contributed by atoms with Gasteiger partial charge >= 0.3 is 0 Å². The number of carbonyl (C=O) groups is 1. The number of rotatable bonds is 8. The summed E-state index contributed by atoms with van der Waals surface area (Å²) in [6.45, 7) is 12.0. The number of pyridine rings is 1. The molecule has 0 bridgehead atoms. The van der Waals surface area contributed by atoms with Gasteiger partial charge in [-0.1, -0.05) is 12.1 Å². The summed E-state index contributed by atoms with van der Waals surface area (Å²) >= 11 is 0. The molecule has 10 heteroatoms. The number of furan rings is 1. The van der Waals surface area contributed by atoms with E-state index in [1.165, 1.54) is 0 Å². The molecule has 3 heterocycles. The summed E-state index contributed by atoms with van der Waals surface area (Å²) in [7, 11) is -4.07. The molecule has 1 aliphatic heterocycles. The molecule has 0 unspecified atom stereocenters. The van der Waals surface area contributed by atoms with Crippen molar-refractivity contribution in [2.24, 2.45) is 5.92 Å². The highest BCUT2D eigenvalue weighted by atomic mass is 32.2. The monoisotopic (exact) mass is 596 g/mol. The number of carbonyl (C=O) groups excluding carboxylic acids is 1. The summed E-state index contributed by atoms with van der Waals surface area (Å²) < 4.78 is 46.0. The number of aliphatic hydroxyl groups excluding tert-OH is 1. The first-order chi connectivity index (χ1) is 19.7. The Hall–Kier alpha value is -3.21. The van der Waals surface area contributed by atoms with Crippen LogP contribution >= 0.6 is 0 Å². The van der Waals surface area contributed by atoms with Gasteiger partial charge in [-0.2, -0.15) is 0 Å². The number of nitrogens with zero attached hydrogens (tertiary/aromatic N) is 1. The molecule has 5 rings (SSSR count). The highest BCUT2D eigenvalue weighted by Gasteiger charge is 2.39. The molecule has 0 radical (unpaired) electrons. The second-order valence-corrected chi connectivity index (χ2v) is 14.5. The van der Waals surface area contributed by atoms with Crippen LogP contribution < -0.4 is 9.46 Å². The lowest BCUT2D eigenvalue weighted by molar-refractivity contribution is -0.175. The molecule has 1 saturated heterocycles. The molecular formula is C32H40N2O7S. The Morgan fingerprint density at radius 3 is 2.55 bits per heavy atom. The number of aromatic nitrogens is 1. The number of sulfonamides is 1. The number of hydrogen-bond acceptors (Lipinski definition) is 8. The zero-order valence-electron chi connectivity index (χ0n) is 25.2. The van der Waals surface area contributed by atoms with Crippen LogP contribution in [-0.2, 0) is 21.2 Å². The van der Waals surface area contributed by atoms with Gasteiger partial charge in [-0.25, -0.2) is 18.1 Å². The largest absolute Gasteiger partial charge is 0.493 e. The molecular weight excluding hydrogens is 556 g/mol. The third-order valence-electron chi connectivity index (χ3n) is 7.93. The minimum Gasteiger partial charge on any atom is -0.493 e. The van der Waals surface area contributed by atoms with Crippen LogP contribution in [0.1, 0.15) is 79.8 Å². The first kappa shape index (κ1) is 30.3. The number of allylic oxidation sites excluding steroid dienone is 1. The number of aryl methyl sites for hydroxylation is 1. The average molecular weight is 597 g/mol. The minimum absolute atomic E-state index is 0.104. The van der Waals surface area contributed by atoms with E-state index in [0.29, 0.717) is 34.7 Å². The van der Waals surface area contributed by atoms with Crippen LogP contribution in [-0.4, -0.2) is 54.6 Å². The fourth-order valence-electron chi connectivity index (χ4n) is 6.52. The number of benzene rings is 1. The SMILES string of the molecule is Cc1c(-c2cc(C(=O)NS(=O)(=O)CCO)c3c(OCC4CC(C)(C)OC(C)(C)C4)ccc(C)c3n2)oc2c1CCC=C2. The summed E-state index contributed by atoms with van der Waals surface area (Å²) in [6, 6.07) is 5.26. The minimum atomic E-state index is -4.07. The van der Waals surface area contributed by atoms with Gasteiger partial charge in [0.15, 0.2) is 5.76 Å². The third-order valence-corrected chi connectivity index (χ3v) is 9.15. The molecule has 3 aromatic rings. The fraction of sp³-hybridized carbons (Fsp3) is 0.500. The second-order valence-electron chi connectivity index (χ2n) is 12.7. The molecule has 2 aromatic heterocycles. The van der Waals surface area contributed by atoms with E-state index >= 15 is 0 Å². The normalized spacial score (nSPS) is 18.2. The molecule has 42 heavy (non-hydrogen) atoms. The highest BCUT2D eigenvalue weighted by Crippen LogP contribution is 2.41. The van der Waals surface area contributed by atoms with Crippen LogP contribution in [0.25, 0.3) is 28.4 Å². The second kappa shape index (κ2) is 11.1.